The Labute approximate surface area is 184 Å². The Hall–Kier alpha value is -1.19. The van der Waals surface area contributed by atoms with Gasteiger partial charge in [-0.25, -0.2) is 18.6 Å². The Morgan fingerprint density at radius 3 is 2.97 bits per heavy atom. The second-order valence-electron chi connectivity index (χ2n) is 7.50. The molecular formula is C21H29F2NO4S2. The molecule has 0 amide bonds. The first-order valence-electron chi connectivity index (χ1n) is 10.3. The fourth-order valence-corrected chi connectivity index (χ4v) is 5.61. The van der Waals surface area contributed by atoms with Crippen molar-refractivity contribution in [3.63, 3.8) is 0 Å². The van der Waals surface area contributed by atoms with E-state index < -0.39 is 24.9 Å². The highest BCUT2D eigenvalue weighted by atomic mass is 32.2. The van der Waals surface area contributed by atoms with E-state index >= 15 is 0 Å². The third kappa shape index (κ3) is 8.51. The lowest BCUT2D eigenvalue weighted by Gasteiger charge is -2.16. The van der Waals surface area contributed by atoms with E-state index in [1.54, 1.807) is 6.08 Å². The van der Waals surface area contributed by atoms with Crippen LogP contribution in [0.15, 0.2) is 28.9 Å². The van der Waals surface area contributed by atoms with Crippen LogP contribution in [0.25, 0.3) is 0 Å². The van der Waals surface area contributed by atoms with Crippen LogP contribution in [0, 0.1) is 11.8 Å². The topological polar surface area (TPSA) is 87.0 Å². The van der Waals surface area contributed by atoms with E-state index in [9.17, 15) is 23.5 Å². The Morgan fingerprint density at radius 2 is 2.23 bits per heavy atom. The predicted molar refractivity (Wildman–Crippen MR) is 118 cm³/mol. The second-order valence-corrected chi connectivity index (χ2v) is 9.85. The number of aliphatic carboxylic acids is 1. The summed E-state index contributed by atoms with van der Waals surface area (Å²) in [5.41, 5.74) is 0.0688. The summed E-state index contributed by atoms with van der Waals surface area (Å²) in [5, 5.41) is 19.0. The lowest BCUT2D eigenvalue weighted by atomic mass is 9.92. The number of carboxylic acid groups (broad SMARTS) is 1. The molecule has 0 spiro atoms. The summed E-state index contributed by atoms with van der Waals surface area (Å²) in [6.45, 7) is -0.977. The molecular weight excluding hydrogens is 432 g/mol. The zero-order valence-corrected chi connectivity index (χ0v) is 18.5. The molecule has 5 nitrogen and oxygen atoms in total. The number of rotatable bonds is 12. The summed E-state index contributed by atoms with van der Waals surface area (Å²) in [6, 6.07) is 0. The van der Waals surface area contributed by atoms with Gasteiger partial charge in [-0.15, -0.1) is 0 Å². The monoisotopic (exact) mass is 461 g/mol. The molecule has 168 valence electrons. The van der Waals surface area contributed by atoms with Crippen molar-refractivity contribution >= 4 is 39.7 Å². The number of alkyl halides is 2. The molecule has 0 bridgehead atoms. The Kier molecular flexibility index (Phi) is 11.1. The molecule has 2 N–H and O–H groups in total. The summed E-state index contributed by atoms with van der Waals surface area (Å²) in [5.74, 6) is 0.576. The van der Waals surface area contributed by atoms with Crippen LogP contribution >= 0.6 is 23.5 Å². The number of nitrogens with zero attached hydrogens (tertiary/aromatic N) is 1. The number of aliphatic hydroxyl groups is 1. The van der Waals surface area contributed by atoms with Gasteiger partial charge in [0.05, 0.1) is 6.10 Å². The minimum Gasteiger partial charge on any atom is -0.477 e. The largest absolute Gasteiger partial charge is 0.477 e. The van der Waals surface area contributed by atoms with Gasteiger partial charge in [0.15, 0.2) is 0 Å². The molecule has 1 saturated carbocycles. The molecule has 0 aromatic rings. The Balaban J connectivity index is 1.74. The molecule has 30 heavy (non-hydrogen) atoms. The highest BCUT2D eigenvalue weighted by molar-refractivity contribution is 8.39. The van der Waals surface area contributed by atoms with Gasteiger partial charge in [0.1, 0.15) is 28.7 Å². The highest BCUT2D eigenvalue weighted by Crippen LogP contribution is 2.34. The molecule has 2 unspecified atom stereocenters. The molecule has 0 aromatic carbocycles. The van der Waals surface area contributed by atoms with E-state index in [1.807, 2.05) is 12.2 Å². The van der Waals surface area contributed by atoms with Gasteiger partial charge < -0.3 is 10.2 Å². The number of allylic oxidation sites excluding steroid dienone is 1. The number of thioether (sulfide) groups is 2. The van der Waals surface area contributed by atoms with Gasteiger partial charge in [-0.3, -0.25) is 4.79 Å². The van der Waals surface area contributed by atoms with E-state index in [1.165, 1.54) is 23.5 Å². The van der Waals surface area contributed by atoms with Crippen LogP contribution in [0.1, 0.15) is 44.9 Å². The molecule has 0 saturated heterocycles. The third-order valence-corrected chi connectivity index (χ3v) is 7.39. The van der Waals surface area contributed by atoms with Gasteiger partial charge >= 0.3 is 5.97 Å². The maximum absolute atomic E-state index is 12.9. The number of carbonyl (C=O) groups is 2. The molecule has 1 fully saturated rings. The number of aliphatic imine (C=N–C) groups is 1. The molecule has 0 radical (unpaired) electrons. The minimum absolute atomic E-state index is 0.0635. The van der Waals surface area contributed by atoms with Gasteiger partial charge in [0.25, 0.3) is 0 Å². The van der Waals surface area contributed by atoms with Crippen molar-refractivity contribution in [3.05, 3.63) is 23.9 Å². The van der Waals surface area contributed by atoms with Gasteiger partial charge in [0.2, 0.25) is 0 Å². The number of carbonyl (C=O) groups excluding carboxylic acids is 1. The fraction of sp³-hybridized carbons (Fsp3) is 0.667. The zero-order chi connectivity index (χ0) is 21.9. The molecule has 1 aliphatic heterocycles. The maximum Gasteiger partial charge on any atom is 0.354 e. The van der Waals surface area contributed by atoms with E-state index in [-0.39, 0.29) is 29.7 Å². The summed E-state index contributed by atoms with van der Waals surface area (Å²) >= 11 is 2.98. The average Bonchev–Trinajstić information content (AvgIpc) is 3.07. The van der Waals surface area contributed by atoms with Crippen LogP contribution in [-0.4, -0.2) is 56.8 Å². The number of aliphatic hydroxyl groups excluding tert-OH is 1. The van der Waals surface area contributed by atoms with Crippen molar-refractivity contribution < 1.29 is 28.6 Å². The lowest BCUT2D eigenvalue weighted by Crippen LogP contribution is -2.15. The number of halogens is 2. The normalized spacial score (nSPS) is 24.0. The second kappa shape index (κ2) is 13.3. The molecule has 2 aliphatic rings. The fourth-order valence-electron chi connectivity index (χ4n) is 3.57. The molecule has 4 atom stereocenters. The van der Waals surface area contributed by atoms with Crippen molar-refractivity contribution in [2.45, 2.75) is 57.2 Å². The molecule has 9 heteroatoms. The summed E-state index contributed by atoms with van der Waals surface area (Å²) in [6.07, 6.45) is 6.94. The van der Waals surface area contributed by atoms with Crippen molar-refractivity contribution in [2.75, 3.05) is 18.2 Å². The first kappa shape index (κ1) is 25.1. The van der Waals surface area contributed by atoms with E-state index in [2.05, 4.69) is 4.99 Å². The van der Waals surface area contributed by atoms with Crippen LogP contribution in [0.2, 0.25) is 0 Å². The van der Waals surface area contributed by atoms with E-state index in [0.717, 1.165) is 10.8 Å². The van der Waals surface area contributed by atoms with Crippen LogP contribution in [0.5, 0.6) is 0 Å². The van der Waals surface area contributed by atoms with Gasteiger partial charge in [-0.1, -0.05) is 35.7 Å². The minimum atomic E-state index is -1.44. The van der Waals surface area contributed by atoms with Crippen LogP contribution in [0.4, 0.5) is 8.78 Å². The summed E-state index contributed by atoms with van der Waals surface area (Å²) in [7, 11) is 0. The molecule has 1 aliphatic carbocycles. The van der Waals surface area contributed by atoms with Crippen LogP contribution in [-0.2, 0) is 9.59 Å². The zero-order valence-electron chi connectivity index (χ0n) is 16.8. The van der Waals surface area contributed by atoms with E-state index in [0.29, 0.717) is 43.6 Å². The number of carboxylic acids is 1. The smallest absolute Gasteiger partial charge is 0.354 e. The van der Waals surface area contributed by atoms with Crippen LogP contribution < -0.4 is 0 Å². The third-order valence-electron chi connectivity index (χ3n) is 5.24. The maximum atomic E-state index is 12.9. The van der Waals surface area contributed by atoms with Crippen LogP contribution in [0.3, 0.4) is 0 Å². The molecule has 2 rings (SSSR count). The average molecular weight is 462 g/mol. The first-order valence-corrected chi connectivity index (χ1v) is 12.2. The number of Topliss-reactive ketones (excluding diaryl/α,β-unsaturated/α-hetero) is 1. The lowest BCUT2D eigenvalue weighted by molar-refractivity contribution is -0.132. The molecule has 0 aromatic heterocycles. The predicted octanol–water partition coefficient (Wildman–Crippen LogP) is 4.56. The van der Waals surface area contributed by atoms with Crippen molar-refractivity contribution in [1.82, 2.24) is 0 Å². The van der Waals surface area contributed by atoms with Gasteiger partial charge in [-0.2, -0.15) is 0 Å². The highest BCUT2D eigenvalue weighted by Gasteiger charge is 2.32. The number of hydrogen-bond donors (Lipinski definition) is 2. The quantitative estimate of drug-likeness (QED) is 0.414. The summed E-state index contributed by atoms with van der Waals surface area (Å²) < 4.78 is 25.7. The van der Waals surface area contributed by atoms with Gasteiger partial charge in [-0.05, 0) is 50.5 Å². The first-order chi connectivity index (χ1) is 14.4. The van der Waals surface area contributed by atoms with Gasteiger partial charge in [0, 0.05) is 23.8 Å². The van der Waals surface area contributed by atoms with Crippen molar-refractivity contribution in [2.24, 2.45) is 16.8 Å². The Morgan fingerprint density at radius 1 is 1.43 bits per heavy atom. The standard InChI is InChI=1S/C21H29F2NO4S2/c22-13-15(23)4-2-6-16(25)5-1-3-14-7-8-19(26)17(14)9-11-29-21-24-18(20(27)28)10-12-30-21/h1,3,10,14-17,25H,2,4-9,11-13H2,(H,27,28)/b3-1+/t14-,15?,16+,17?/m0/s1. The molecule has 1 heterocycles. The number of hydrogen-bond acceptors (Lipinski definition) is 6. The van der Waals surface area contributed by atoms with Crippen molar-refractivity contribution in [1.29, 1.82) is 0 Å². The van der Waals surface area contributed by atoms with Crippen molar-refractivity contribution in [3.8, 4) is 0 Å². The van der Waals surface area contributed by atoms with E-state index in [4.69, 9.17) is 5.11 Å². The number of ketones is 1. The summed E-state index contributed by atoms with van der Waals surface area (Å²) in [4.78, 5) is 27.4. The SMILES string of the molecule is O=C(O)C1=CCSC(SCCC2C(=O)CC[C@@H]2/C=C/C[C@@H](O)CCCC(F)CF)=N1. The Bertz CT molecular complexity index is 684.